The van der Waals surface area contributed by atoms with E-state index in [2.05, 4.69) is 0 Å². The van der Waals surface area contributed by atoms with Gasteiger partial charge >= 0.3 is 7.48 Å². The van der Waals surface area contributed by atoms with Gasteiger partial charge in [-0.1, -0.05) is 5.46 Å². The van der Waals surface area contributed by atoms with E-state index >= 15 is 0 Å². The summed E-state index contributed by atoms with van der Waals surface area (Å²) < 4.78 is 11.2. The van der Waals surface area contributed by atoms with Crippen molar-refractivity contribution in [3.63, 3.8) is 0 Å². The van der Waals surface area contributed by atoms with Crippen molar-refractivity contribution in [2.24, 2.45) is 0 Å². The Morgan fingerprint density at radius 3 is 1.85 bits per heavy atom. The third-order valence-corrected chi connectivity index (χ3v) is 3.66. The zero-order chi connectivity index (χ0) is 15.4. The number of nitrogens with zero attached hydrogens (tertiary/aromatic N) is 2. The maximum absolute atomic E-state index is 8.94. The average molecular weight is 269 g/mol. The molecule has 0 fully saturated rings. The summed E-state index contributed by atoms with van der Waals surface area (Å²) in [6, 6.07) is 8.96. The molecule has 4 nitrogen and oxygen atoms in total. The lowest BCUT2D eigenvalue weighted by Gasteiger charge is -2.40. The number of hydrogen-bond acceptors (Lipinski definition) is 4. The summed E-state index contributed by atoms with van der Waals surface area (Å²) in [5, 5.41) is 17.9. The van der Waals surface area contributed by atoms with Crippen LogP contribution in [0.1, 0.15) is 38.8 Å². The van der Waals surface area contributed by atoms with Crippen LogP contribution in [0, 0.1) is 22.7 Å². The highest BCUT2D eigenvalue weighted by molar-refractivity contribution is 6.47. The van der Waals surface area contributed by atoms with E-state index in [9.17, 15) is 0 Å². The van der Waals surface area contributed by atoms with Gasteiger partial charge in [-0.05, 0) is 45.9 Å². The Morgan fingerprint density at radius 2 is 1.45 bits per heavy atom. The van der Waals surface area contributed by atoms with Crippen molar-refractivity contribution in [3.8, 4) is 12.1 Å². The van der Waals surface area contributed by atoms with Crippen molar-refractivity contribution in [2.45, 2.75) is 38.9 Å². The Hall–Kier alpha value is -1.82. The third-order valence-electron chi connectivity index (χ3n) is 3.66. The van der Waals surface area contributed by atoms with E-state index in [0.717, 1.165) is 0 Å². The lowest BCUT2D eigenvalue weighted by Crippen LogP contribution is -2.50. The fourth-order valence-electron chi connectivity index (χ4n) is 1.45. The molecule has 0 aromatic heterocycles. The summed E-state index contributed by atoms with van der Waals surface area (Å²) in [6.45, 7) is 7.72. The molecule has 0 atom stereocenters. The van der Waals surface area contributed by atoms with E-state index in [1.54, 1.807) is 32.8 Å². The predicted octanol–water partition coefficient (Wildman–Crippen LogP) is 1.89. The van der Waals surface area contributed by atoms with Gasteiger partial charge < -0.3 is 9.39 Å². The van der Waals surface area contributed by atoms with Crippen LogP contribution in [-0.4, -0.2) is 25.8 Å². The average Bonchev–Trinajstić information content (AvgIpc) is 2.44. The number of methoxy groups -OCH3 is 1. The van der Waals surface area contributed by atoms with Gasteiger partial charge in [0.25, 0.3) is 0 Å². The lowest BCUT2D eigenvalue weighted by atomic mass is 9.81. The third kappa shape index (κ3) is 3.60. The molecule has 1 aromatic rings. The fraction of sp³-hybridized carbons (Fsp3) is 0.467. The molecule has 1 rings (SSSR count). The van der Waals surface area contributed by atoms with Crippen LogP contribution in [0.5, 0.6) is 0 Å². The van der Waals surface area contributed by atoms with Crippen molar-refractivity contribution in [1.29, 1.82) is 10.5 Å². The molecule has 1 radical (unpaired) electrons. The number of ether oxygens (including phenoxy) is 1. The Labute approximate surface area is 121 Å². The zero-order valence-electron chi connectivity index (χ0n) is 12.5. The molecule has 0 aliphatic rings. The molecular weight excluding hydrogens is 251 g/mol. The molecule has 20 heavy (non-hydrogen) atoms. The second kappa shape index (κ2) is 6.09. The molecule has 0 spiro atoms. The molecule has 0 aliphatic carbocycles. The summed E-state index contributed by atoms with van der Waals surface area (Å²) in [5.41, 5.74) is 0.511. The maximum atomic E-state index is 8.94. The van der Waals surface area contributed by atoms with Crippen LogP contribution in [0.15, 0.2) is 18.2 Å². The number of hydrogen-bond donors (Lipinski definition) is 0. The maximum Gasteiger partial charge on any atom is 0.331 e. The molecule has 5 heteroatoms. The predicted molar refractivity (Wildman–Crippen MR) is 77.5 cm³/mol. The standard InChI is InChI=1S/C15H18BN2O2/c1-14(2,19-5)15(3,4)20-16-13-7-11(9-17)6-12(8-13)10-18/h6-8H,1-5H3. The molecular formula is C15H18BN2O2. The van der Waals surface area contributed by atoms with Gasteiger partial charge in [-0.3, -0.25) is 0 Å². The Balaban J connectivity index is 2.91. The summed E-state index contributed by atoms with van der Waals surface area (Å²) in [4.78, 5) is 0. The van der Waals surface area contributed by atoms with Crippen LogP contribution in [0.4, 0.5) is 0 Å². The molecule has 0 unspecified atom stereocenters. The monoisotopic (exact) mass is 269 g/mol. The van der Waals surface area contributed by atoms with Gasteiger partial charge in [-0.25, -0.2) is 0 Å². The van der Waals surface area contributed by atoms with E-state index in [-0.39, 0.29) is 0 Å². The van der Waals surface area contributed by atoms with E-state index in [1.807, 2.05) is 39.8 Å². The Morgan fingerprint density at radius 1 is 0.950 bits per heavy atom. The van der Waals surface area contributed by atoms with Gasteiger partial charge in [0.2, 0.25) is 0 Å². The van der Waals surface area contributed by atoms with E-state index in [0.29, 0.717) is 16.6 Å². The number of rotatable bonds is 5. The summed E-state index contributed by atoms with van der Waals surface area (Å²) in [6.07, 6.45) is 0. The van der Waals surface area contributed by atoms with Crippen LogP contribution in [0.3, 0.4) is 0 Å². The highest BCUT2D eigenvalue weighted by Gasteiger charge is 2.37. The molecule has 0 saturated carbocycles. The van der Waals surface area contributed by atoms with Crippen LogP contribution < -0.4 is 5.46 Å². The molecule has 0 bridgehead atoms. The van der Waals surface area contributed by atoms with Gasteiger partial charge in [-0.15, -0.1) is 0 Å². The molecule has 0 N–H and O–H groups in total. The van der Waals surface area contributed by atoms with Crippen molar-refractivity contribution < 1.29 is 9.39 Å². The smallest absolute Gasteiger partial charge is 0.331 e. The first-order valence-electron chi connectivity index (χ1n) is 6.27. The van der Waals surface area contributed by atoms with E-state index in [1.165, 1.54) is 0 Å². The van der Waals surface area contributed by atoms with Gasteiger partial charge in [0, 0.05) is 7.11 Å². The normalized spacial score (nSPS) is 11.6. The highest BCUT2D eigenvalue weighted by Crippen LogP contribution is 2.27. The first kappa shape index (κ1) is 16.2. The number of nitriles is 2. The van der Waals surface area contributed by atoms with Crippen LogP contribution >= 0.6 is 0 Å². The minimum Gasteiger partial charge on any atom is -0.427 e. The molecule has 0 heterocycles. The van der Waals surface area contributed by atoms with Crippen LogP contribution in [-0.2, 0) is 9.39 Å². The summed E-state index contributed by atoms with van der Waals surface area (Å²) in [7, 11) is 3.19. The van der Waals surface area contributed by atoms with Crippen LogP contribution in [0.25, 0.3) is 0 Å². The summed E-state index contributed by atoms with van der Waals surface area (Å²) in [5.74, 6) is 0. The molecule has 0 aliphatic heterocycles. The molecule has 103 valence electrons. The highest BCUT2D eigenvalue weighted by atomic mass is 16.5. The van der Waals surface area contributed by atoms with Crippen molar-refractivity contribution in [2.75, 3.05) is 7.11 Å². The SMILES string of the molecule is COC(C)(C)C(C)(C)O[B]c1cc(C#N)cc(C#N)c1. The Kier molecular flexibility index (Phi) is 4.95. The zero-order valence-corrected chi connectivity index (χ0v) is 12.5. The molecule has 1 aromatic carbocycles. The molecule has 0 amide bonds. The van der Waals surface area contributed by atoms with Crippen molar-refractivity contribution >= 4 is 12.9 Å². The van der Waals surface area contributed by atoms with Gasteiger partial charge in [0.1, 0.15) is 0 Å². The van der Waals surface area contributed by atoms with Crippen molar-refractivity contribution in [3.05, 3.63) is 29.3 Å². The fourth-order valence-corrected chi connectivity index (χ4v) is 1.45. The lowest BCUT2D eigenvalue weighted by molar-refractivity contribution is -0.114. The van der Waals surface area contributed by atoms with Gasteiger partial charge in [-0.2, -0.15) is 10.5 Å². The number of benzene rings is 1. The summed E-state index contributed by atoms with van der Waals surface area (Å²) >= 11 is 0. The first-order chi connectivity index (χ1) is 9.25. The topological polar surface area (TPSA) is 66.0 Å². The minimum absolute atomic E-state index is 0.433. The van der Waals surface area contributed by atoms with Crippen molar-refractivity contribution in [1.82, 2.24) is 0 Å². The van der Waals surface area contributed by atoms with E-state index < -0.39 is 11.2 Å². The van der Waals surface area contributed by atoms with Crippen LogP contribution in [0.2, 0.25) is 0 Å². The first-order valence-corrected chi connectivity index (χ1v) is 6.27. The minimum atomic E-state index is -0.558. The second-order valence-electron chi connectivity index (χ2n) is 5.53. The Bertz CT molecular complexity index is 536. The second-order valence-corrected chi connectivity index (χ2v) is 5.53. The quantitative estimate of drug-likeness (QED) is 0.765. The largest absolute Gasteiger partial charge is 0.427 e. The van der Waals surface area contributed by atoms with E-state index in [4.69, 9.17) is 19.9 Å². The molecule has 0 saturated heterocycles. The van der Waals surface area contributed by atoms with Gasteiger partial charge in [0.15, 0.2) is 0 Å². The van der Waals surface area contributed by atoms with Gasteiger partial charge in [0.05, 0.1) is 34.5 Å².